The van der Waals surface area contributed by atoms with Crippen molar-refractivity contribution in [2.24, 2.45) is 4.99 Å². The molecule has 0 bridgehead atoms. The molecule has 1 amide bonds. The van der Waals surface area contributed by atoms with Gasteiger partial charge in [-0.2, -0.15) is 4.99 Å². The van der Waals surface area contributed by atoms with Crippen molar-refractivity contribution in [1.29, 1.82) is 0 Å². The molecule has 10 heteroatoms. The van der Waals surface area contributed by atoms with Crippen molar-refractivity contribution in [3.8, 4) is 0 Å². The van der Waals surface area contributed by atoms with E-state index in [0.717, 1.165) is 11.3 Å². The highest BCUT2D eigenvalue weighted by molar-refractivity contribution is 7.16. The minimum atomic E-state index is -0.585. The summed E-state index contributed by atoms with van der Waals surface area (Å²) in [6, 6.07) is 19.1. The van der Waals surface area contributed by atoms with Crippen molar-refractivity contribution in [2.45, 2.75) is 6.54 Å². The van der Waals surface area contributed by atoms with Crippen molar-refractivity contribution >= 4 is 44.9 Å². The zero-order valence-electron chi connectivity index (χ0n) is 17.8. The second-order valence-electron chi connectivity index (χ2n) is 7.15. The van der Waals surface area contributed by atoms with E-state index in [1.54, 1.807) is 36.4 Å². The fraction of sp³-hybridized carbons (Fsp3) is 0.0833. The number of thiazole rings is 1. The average molecular weight is 475 g/mol. The first-order valence-electron chi connectivity index (χ1n) is 10.0. The number of nitrogens with zero attached hydrogens (tertiary/aromatic N) is 3. The van der Waals surface area contributed by atoms with Crippen LogP contribution >= 0.6 is 11.3 Å². The molecule has 0 N–H and O–H groups in total. The van der Waals surface area contributed by atoms with E-state index in [1.807, 2.05) is 6.07 Å². The number of aromatic nitrogens is 1. The Balaban J connectivity index is 1.70. The summed E-state index contributed by atoms with van der Waals surface area (Å²) in [5.41, 5.74) is 1.61. The number of esters is 1. The fourth-order valence-electron chi connectivity index (χ4n) is 3.28. The number of fused-ring (bicyclic) bond motifs is 1. The van der Waals surface area contributed by atoms with Crippen LogP contribution in [-0.4, -0.2) is 34.3 Å². The third-order valence-electron chi connectivity index (χ3n) is 5.02. The third-order valence-corrected chi connectivity index (χ3v) is 6.06. The predicted molar refractivity (Wildman–Crippen MR) is 125 cm³/mol. The number of carbonyl (C=O) groups is 3. The second kappa shape index (κ2) is 9.59. The lowest BCUT2D eigenvalue weighted by atomic mass is 10.0. The molecule has 0 saturated heterocycles. The van der Waals surface area contributed by atoms with E-state index in [1.165, 1.54) is 42.0 Å². The molecule has 0 fully saturated rings. The molecule has 4 aromatic rings. The van der Waals surface area contributed by atoms with Gasteiger partial charge in [-0.15, -0.1) is 0 Å². The maximum absolute atomic E-state index is 12.8. The van der Waals surface area contributed by atoms with Crippen LogP contribution in [-0.2, 0) is 16.1 Å². The van der Waals surface area contributed by atoms with Gasteiger partial charge in [-0.3, -0.25) is 24.5 Å². The van der Waals surface area contributed by atoms with Gasteiger partial charge >= 0.3 is 5.97 Å². The zero-order chi connectivity index (χ0) is 24.2. The number of carbonyl (C=O) groups excluding carboxylic acids is 3. The highest BCUT2D eigenvalue weighted by Gasteiger charge is 2.16. The van der Waals surface area contributed by atoms with Gasteiger partial charge in [0.1, 0.15) is 6.54 Å². The number of benzene rings is 3. The van der Waals surface area contributed by atoms with E-state index < -0.39 is 16.8 Å². The van der Waals surface area contributed by atoms with Gasteiger partial charge < -0.3 is 9.30 Å². The summed E-state index contributed by atoms with van der Waals surface area (Å²) in [5, 5.41) is 11.1. The number of nitro benzene ring substituents is 1. The number of ether oxygens (including phenoxy) is 1. The normalized spacial score (nSPS) is 11.4. The highest BCUT2D eigenvalue weighted by atomic mass is 32.1. The zero-order valence-corrected chi connectivity index (χ0v) is 18.7. The van der Waals surface area contributed by atoms with Crippen molar-refractivity contribution in [3.63, 3.8) is 0 Å². The van der Waals surface area contributed by atoms with Gasteiger partial charge in [-0.05, 0) is 18.2 Å². The lowest BCUT2D eigenvalue weighted by Gasteiger charge is -2.04. The van der Waals surface area contributed by atoms with Crippen LogP contribution in [0.1, 0.15) is 26.3 Å². The van der Waals surface area contributed by atoms with Gasteiger partial charge in [-0.1, -0.05) is 53.8 Å². The van der Waals surface area contributed by atoms with Crippen LogP contribution in [0.5, 0.6) is 0 Å². The lowest BCUT2D eigenvalue weighted by molar-refractivity contribution is -0.384. The summed E-state index contributed by atoms with van der Waals surface area (Å²) in [6.45, 7) is -0.217. The molecule has 3 aromatic carbocycles. The van der Waals surface area contributed by atoms with Crippen molar-refractivity contribution in [1.82, 2.24) is 4.57 Å². The Bertz CT molecular complexity index is 1490. The van der Waals surface area contributed by atoms with E-state index in [4.69, 9.17) is 4.74 Å². The number of rotatable bonds is 6. The predicted octanol–water partition coefficient (Wildman–Crippen LogP) is 3.76. The summed E-state index contributed by atoms with van der Waals surface area (Å²) in [5.74, 6) is -1.31. The summed E-state index contributed by atoms with van der Waals surface area (Å²) in [4.78, 5) is 52.3. The number of hydrogen-bond acceptors (Lipinski definition) is 7. The first-order valence-corrected chi connectivity index (χ1v) is 10.8. The molecule has 0 aliphatic heterocycles. The fourth-order valence-corrected chi connectivity index (χ4v) is 4.34. The van der Waals surface area contributed by atoms with Crippen LogP contribution in [0.15, 0.2) is 77.8 Å². The van der Waals surface area contributed by atoms with Crippen LogP contribution in [0.2, 0.25) is 0 Å². The number of nitro groups is 1. The Morgan fingerprint density at radius 1 is 0.971 bits per heavy atom. The highest BCUT2D eigenvalue weighted by Crippen LogP contribution is 2.23. The van der Waals surface area contributed by atoms with Crippen molar-refractivity contribution in [2.75, 3.05) is 7.11 Å². The minimum Gasteiger partial charge on any atom is -0.468 e. The molecular formula is C24H17N3O6S. The monoisotopic (exact) mass is 475 g/mol. The lowest BCUT2D eigenvalue weighted by Crippen LogP contribution is -2.22. The van der Waals surface area contributed by atoms with Gasteiger partial charge in [0, 0.05) is 28.8 Å². The summed E-state index contributed by atoms with van der Waals surface area (Å²) < 4.78 is 6.70. The second-order valence-corrected chi connectivity index (χ2v) is 8.15. The summed E-state index contributed by atoms with van der Waals surface area (Å²) in [6.07, 6.45) is 0. The van der Waals surface area contributed by atoms with E-state index in [0.29, 0.717) is 21.3 Å². The molecule has 4 rings (SSSR count). The maximum atomic E-state index is 12.8. The van der Waals surface area contributed by atoms with Gasteiger partial charge in [0.15, 0.2) is 10.6 Å². The SMILES string of the molecule is COC(=O)Cn1c(=NC(=O)c2ccc(C(=O)c3ccccc3)cc2)sc2cc([N+](=O)[O-])ccc21. The Morgan fingerprint density at radius 3 is 2.26 bits per heavy atom. The Labute approximate surface area is 196 Å². The van der Waals surface area contributed by atoms with Crippen LogP contribution < -0.4 is 4.80 Å². The molecule has 1 aromatic heterocycles. The van der Waals surface area contributed by atoms with E-state index in [-0.39, 0.29) is 28.4 Å². The molecule has 0 aliphatic carbocycles. The van der Waals surface area contributed by atoms with Gasteiger partial charge in [0.25, 0.3) is 11.6 Å². The molecule has 34 heavy (non-hydrogen) atoms. The molecule has 0 atom stereocenters. The largest absolute Gasteiger partial charge is 0.468 e. The smallest absolute Gasteiger partial charge is 0.325 e. The van der Waals surface area contributed by atoms with Gasteiger partial charge in [0.05, 0.1) is 22.2 Å². The summed E-state index contributed by atoms with van der Waals surface area (Å²) >= 11 is 1.05. The Kier molecular flexibility index (Phi) is 6.42. The van der Waals surface area contributed by atoms with Crippen LogP contribution in [0.25, 0.3) is 10.2 Å². The number of non-ortho nitro benzene ring substituents is 1. The van der Waals surface area contributed by atoms with E-state index in [2.05, 4.69) is 4.99 Å². The number of methoxy groups -OCH3 is 1. The first kappa shape index (κ1) is 22.7. The molecule has 0 unspecified atom stereocenters. The minimum absolute atomic E-state index is 0.115. The number of hydrogen-bond donors (Lipinski definition) is 0. The maximum Gasteiger partial charge on any atom is 0.325 e. The first-order chi connectivity index (χ1) is 16.4. The quantitative estimate of drug-likeness (QED) is 0.181. The van der Waals surface area contributed by atoms with Gasteiger partial charge in [-0.25, -0.2) is 0 Å². The topological polar surface area (TPSA) is 121 Å². The number of amides is 1. The Hall–Kier alpha value is -4.44. The molecule has 1 heterocycles. The molecule has 0 spiro atoms. The van der Waals surface area contributed by atoms with Crippen LogP contribution in [0.3, 0.4) is 0 Å². The molecule has 170 valence electrons. The Morgan fingerprint density at radius 2 is 1.62 bits per heavy atom. The molecule has 9 nitrogen and oxygen atoms in total. The van der Waals surface area contributed by atoms with Crippen LogP contribution in [0.4, 0.5) is 5.69 Å². The standard InChI is InChI=1S/C24H17N3O6S/c1-33-21(28)14-26-19-12-11-18(27(31)32)13-20(19)34-24(26)25-23(30)17-9-7-16(8-10-17)22(29)15-5-3-2-4-6-15/h2-13H,14H2,1H3. The van der Waals surface area contributed by atoms with Crippen LogP contribution in [0, 0.1) is 10.1 Å². The molecular weight excluding hydrogens is 458 g/mol. The molecule has 0 aliphatic rings. The van der Waals surface area contributed by atoms with Gasteiger partial charge in [0.2, 0.25) is 0 Å². The average Bonchev–Trinajstić information content (AvgIpc) is 3.19. The van der Waals surface area contributed by atoms with Crippen molar-refractivity contribution in [3.05, 3.63) is 104 Å². The number of ketones is 1. The third kappa shape index (κ3) is 4.66. The van der Waals surface area contributed by atoms with E-state index in [9.17, 15) is 24.5 Å². The molecule has 0 radical (unpaired) electrons. The van der Waals surface area contributed by atoms with E-state index >= 15 is 0 Å². The summed E-state index contributed by atoms with van der Waals surface area (Å²) in [7, 11) is 1.24. The molecule has 0 saturated carbocycles. The van der Waals surface area contributed by atoms with Crippen molar-refractivity contribution < 1.29 is 24.0 Å².